The van der Waals surface area contributed by atoms with Crippen molar-refractivity contribution in [2.75, 3.05) is 11.9 Å². The molecule has 1 aromatic carbocycles. The quantitative estimate of drug-likeness (QED) is 0.890. The Morgan fingerprint density at radius 2 is 2.00 bits per heavy atom. The first-order valence-electron chi connectivity index (χ1n) is 7.68. The molecule has 0 saturated heterocycles. The highest BCUT2D eigenvalue weighted by atomic mass is 16.2. The summed E-state index contributed by atoms with van der Waals surface area (Å²) in [7, 11) is 0. The lowest BCUT2D eigenvalue weighted by Crippen LogP contribution is -2.31. The molecule has 0 spiro atoms. The zero-order valence-corrected chi connectivity index (χ0v) is 12.7. The first-order valence-corrected chi connectivity index (χ1v) is 7.68. The number of anilines is 1. The maximum Gasteiger partial charge on any atom is 0.274 e. The fourth-order valence-electron chi connectivity index (χ4n) is 2.24. The van der Waals surface area contributed by atoms with Crippen molar-refractivity contribution in [1.82, 2.24) is 14.9 Å². The van der Waals surface area contributed by atoms with Crippen molar-refractivity contribution in [2.45, 2.75) is 32.4 Å². The maximum atomic E-state index is 12.5. The normalized spacial score (nSPS) is 13.7. The van der Waals surface area contributed by atoms with Crippen LogP contribution in [0.5, 0.6) is 0 Å². The van der Waals surface area contributed by atoms with E-state index in [1.54, 1.807) is 17.3 Å². The summed E-state index contributed by atoms with van der Waals surface area (Å²) in [5.74, 6) is 0.655. The molecule has 0 bridgehead atoms. The Balaban J connectivity index is 1.67. The first-order chi connectivity index (χ1) is 10.8. The Kier molecular flexibility index (Phi) is 4.32. The summed E-state index contributed by atoms with van der Waals surface area (Å²) in [6.45, 7) is 3.19. The SMILES string of the molecule is CCN(Cc1ccccc1)C(=O)c1cnc(NC2CC2)cn1. The highest BCUT2D eigenvalue weighted by Gasteiger charge is 2.22. The number of benzene rings is 1. The largest absolute Gasteiger partial charge is 0.366 e. The number of amides is 1. The minimum atomic E-state index is -0.0863. The smallest absolute Gasteiger partial charge is 0.274 e. The lowest BCUT2D eigenvalue weighted by Gasteiger charge is -2.20. The standard InChI is InChI=1S/C17H20N4O/c1-2-21(12-13-6-4-3-5-7-13)17(22)15-10-19-16(11-18-15)20-14-8-9-14/h3-7,10-11,14H,2,8-9,12H2,1H3,(H,19,20). The van der Waals surface area contributed by atoms with Gasteiger partial charge in [-0.15, -0.1) is 0 Å². The van der Waals surface area contributed by atoms with Crippen molar-refractivity contribution >= 4 is 11.7 Å². The minimum Gasteiger partial charge on any atom is -0.366 e. The molecule has 1 aromatic heterocycles. The molecular weight excluding hydrogens is 276 g/mol. The van der Waals surface area contributed by atoms with Gasteiger partial charge in [-0.1, -0.05) is 30.3 Å². The number of hydrogen-bond donors (Lipinski definition) is 1. The number of hydrogen-bond acceptors (Lipinski definition) is 4. The molecular formula is C17H20N4O. The zero-order valence-electron chi connectivity index (χ0n) is 12.7. The molecule has 0 unspecified atom stereocenters. The lowest BCUT2D eigenvalue weighted by molar-refractivity contribution is 0.0746. The van der Waals surface area contributed by atoms with Crippen molar-refractivity contribution in [3.05, 3.63) is 54.0 Å². The van der Waals surface area contributed by atoms with Crippen LogP contribution in [0.2, 0.25) is 0 Å². The van der Waals surface area contributed by atoms with Gasteiger partial charge in [0.1, 0.15) is 11.5 Å². The average Bonchev–Trinajstić information content (AvgIpc) is 3.38. The van der Waals surface area contributed by atoms with Crippen LogP contribution in [0.15, 0.2) is 42.7 Å². The van der Waals surface area contributed by atoms with Gasteiger partial charge in [-0.05, 0) is 25.3 Å². The predicted molar refractivity (Wildman–Crippen MR) is 85.5 cm³/mol. The van der Waals surface area contributed by atoms with E-state index in [9.17, 15) is 4.79 Å². The van der Waals surface area contributed by atoms with Gasteiger partial charge < -0.3 is 10.2 Å². The molecule has 1 aliphatic carbocycles. The molecule has 1 aliphatic rings. The molecule has 1 heterocycles. The van der Waals surface area contributed by atoms with Crippen LogP contribution < -0.4 is 5.32 Å². The van der Waals surface area contributed by atoms with E-state index in [1.807, 2.05) is 37.3 Å². The summed E-state index contributed by atoms with van der Waals surface area (Å²) < 4.78 is 0. The second-order valence-electron chi connectivity index (χ2n) is 5.51. The van der Waals surface area contributed by atoms with E-state index in [2.05, 4.69) is 15.3 Å². The fraction of sp³-hybridized carbons (Fsp3) is 0.353. The molecule has 5 heteroatoms. The Hall–Kier alpha value is -2.43. The van der Waals surface area contributed by atoms with Gasteiger partial charge in [0.15, 0.2) is 0 Å². The second kappa shape index (κ2) is 6.56. The minimum absolute atomic E-state index is 0.0863. The average molecular weight is 296 g/mol. The molecule has 114 valence electrons. The lowest BCUT2D eigenvalue weighted by atomic mass is 10.2. The van der Waals surface area contributed by atoms with Crippen LogP contribution in [-0.4, -0.2) is 33.4 Å². The van der Waals surface area contributed by atoms with Gasteiger partial charge in [0, 0.05) is 19.1 Å². The van der Waals surface area contributed by atoms with E-state index in [0.717, 1.165) is 11.4 Å². The van der Waals surface area contributed by atoms with E-state index in [1.165, 1.54) is 12.8 Å². The molecule has 1 fully saturated rings. The summed E-state index contributed by atoms with van der Waals surface area (Å²) in [6, 6.07) is 10.5. The number of aromatic nitrogens is 2. The maximum absolute atomic E-state index is 12.5. The predicted octanol–water partition coefficient (Wildman–Crippen LogP) is 2.71. The van der Waals surface area contributed by atoms with Gasteiger partial charge in [0.2, 0.25) is 0 Å². The van der Waals surface area contributed by atoms with E-state index >= 15 is 0 Å². The summed E-state index contributed by atoms with van der Waals surface area (Å²) >= 11 is 0. The monoisotopic (exact) mass is 296 g/mol. The van der Waals surface area contributed by atoms with Gasteiger partial charge in [0.25, 0.3) is 5.91 Å². The van der Waals surface area contributed by atoms with Crippen molar-refractivity contribution in [3.8, 4) is 0 Å². The molecule has 0 atom stereocenters. The van der Waals surface area contributed by atoms with E-state index in [-0.39, 0.29) is 5.91 Å². The molecule has 3 rings (SSSR count). The van der Waals surface area contributed by atoms with E-state index in [4.69, 9.17) is 0 Å². The van der Waals surface area contributed by atoms with Gasteiger partial charge in [-0.25, -0.2) is 9.97 Å². The van der Waals surface area contributed by atoms with E-state index in [0.29, 0.717) is 24.8 Å². The number of carbonyl (C=O) groups excluding carboxylic acids is 1. The second-order valence-corrected chi connectivity index (χ2v) is 5.51. The van der Waals surface area contributed by atoms with Crippen molar-refractivity contribution in [3.63, 3.8) is 0 Å². The molecule has 0 aliphatic heterocycles. The Morgan fingerprint density at radius 3 is 2.59 bits per heavy atom. The molecule has 1 saturated carbocycles. The van der Waals surface area contributed by atoms with Crippen LogP contribution in [-0.2, 0) is 6.54 Å². The van der Waals surface area contributed by atoms with Crippen LogP contribution in [0.25, 0.3) is 0 Å². The third-order valence-electron chi connectivity index (χ3n) is 3.69. The van der Waals surface area contributed by atoms with Crippen LogP contribution in [0.1, 0.15) is 35.8 Å². The van der Waals surface area contributed by atoms with Crippen LogP contribution in [0.3, 0.4) is 0 Å². The number of nitrogens with one attached hydrogen (secondary N) is 1. The van der Waals surface area contributed by atoms with Crippen LogP contribution in [0.4, 0.5) is 5.82 Å². The summed E-state index contributed by atoms with van der Waals surface area (Å²) in [5, 5.41) is 3.27. The first kappa shape index (κ1) is 14.5. The van der Waals surface area contributed by atoms with Crippen molar-refractivity contribution in [2.24, 2.45) is 0 Å². The topological polar surface area (TPSA) is 58.1 Å². The molecule has 1 amide bonds. The summed E-state index contributed by atoms with van der Waals surface area (Å²) in [5.41, 5.74) is 1.50. The number of nitrogens with zero attached hydrogens (tertiary/aromatic N) is 3. The Morgan fingerprint density at radius 1 is 1.23 bits per heavy atom. The molecule has 22 heavy (non-hydrogen) atoms. The van der Waals surface area contributed by atoms with Crippen molar-refractivity contribution < 1.29 is 4.79 Å². The summed E-state index contributed by atoms with van der Waals surface area (Å²) in [4.78, 5) is 22.8. The van der Waals surface area contributed by atoms with Crippen LogP contribution in [0, 0.1) is 0 Å². The van der Waals surface area contributed by atoms with Gasteiger partial charge >= 0.3 is 0 Å². The molecule has 5 nitrogen and oxygen atoms in total. The third-order valence-corrected chi connectivity index (χ3v) is 3.69. The van der Waals surface area contributed by atoms with Gasteiger partial charge in [0.05, 0.1) is 12.4 Å². The fourth-order valence-corrected chi connectivity index (χ4v) is 2.24. The summed E-state index contributed by atoms with van der Waals surface area (Å²) in [6.07, 6.45) is 5.56. The molecule has 2 aromatic rings. The number of rotatable bonds is 6. The highest BCUT2D eigenvalue weighted by Crippen LogP contribution is 2.23. The number of carbonyl (C=O) groups is 1. The Labute approximate surface area is 130 Å². The van der Waals surface area contributed by atoms with Crippen LogP contribution >= 0.6 is 0 Å². The molecule has 1 N–H and O–H groups in total. The van der Waals surface area contributed by atoms with Gasteiger partial charge in [-0.2, -0.15) is 0 Å². The third kappa shape index (κ3) is 3.61. The van der Waals surface area contributed by atoms with E-state index < -0.39 is 0 Å². The zero-order chi connectivity index (χ0) is 15.4. The molecule has 0 radical (unpaired) electrons. The highest BCUT2D eigenvalue weighted by molar-refractivity contribution is 5.92. The Bertz CT molecular complexity index is 623. The van der Waals surface area contributed by atoms with Crippen molar-refractivity contribution in [1.29, 1.82) is 0 Å². The van der Waals surface area contributed by atoms with Gasteiger partial charge in [-0.3, -0.25) is 4.79 Å².